The molecular formula is C18H24NO5P. The van der Waals surface area contributed by atoms with E-state index in [0.29, 0.717) is 17.0 Å². The predicted molar refractivity (Wildman–Crippen MR) is 97.1 cm³/mol. The first kappa shape index (κ1) is 19.6. The Balaban J connectivity index is 1.96. The van der Waals surface area contributed by atoms with Crippen LogP contribution < -0.4 is 0 Å². The summed E-state index contributed by atoms with van der Waals surface area (Å²) in [4.78, 5) is 12.3. The molecule has 0 saturated carbocycles. The van der Waals surface area contributed by atoms with Crippen LogP contribution in [-0.4, -0.2) is 42.1 Å². The SMILES string of the molecule is CCOP(=O)(CCCN(O)C(=O)c1ccc2ccccc2c1)OCC. The molecule has 0 unspecified atom stereocenters. The maximum absolute atomic E-state index is 12.4. The minimum Gasteiger partial charge on any atom is -0.309 e. The molecule has 7 heteroatoms. The average molecular weight is 365 g/mol. The van der Waals surface area contributed by atoms with E-state index in [9.17, 15) is 14.6 Å². The highest BCUT2D eigenvalue weighted by molar-refractivity contribution is 7.53. The highest BCUT2D eigenvalue weighted by Crippen LogP contribution is 2.48. The van der Waals surface area contributed by atoms with Crippen LogP contribution in [0.25, 0.3) is 10.8 Å². The van der Waals surface area contributed by atoms with E-state index in [2.05, 4.69) is 0 Å². The summed E-state index contributed by atoms with van der Waals surface area (Å²) in [6.07, 6.45) is 0.462. The molecule has 2 rings (SSSR count). The van der Waals surface area contributed by atoms with Gasteiger partial charge in [-0.25, -0.2) is 5.06 Å². The molecule has 0 aliphatic carbocycles. The second-order valence-electron chi connectivity index (χ2n) is 5.51. The zero-order chi connectivity index (χ0) is 18.3. The third-order valence-corrected chi connectivity index (χ3v) is 5.85. The second kappa shape index (κ2) is 9.11. The van der Waals surface area contributed by atoms with E-state index in [-0.39, 0.29) is 25.9 Å². The molecule has 25 heavy (non-hydrogen) atoms. The molecule has 0 heterocycles. The Morgan fingerprint density at radius 2 is 1.72 bits per heavy atom. The number of rotatable bonds is 9. The lowest BCUT2D eigenvalue weighted by molar-refractivity contribution is -0.0578. The summed E-state index contributed by atoms with van der Waals surface area (Å²) < 4.78 is 22.7. The summed E-state index contributed by atoms with van der Waals surface area (Å²) in [5.41, 5.74) is 0.402. The molecule has 0 bridgehead atoms. The topological polar surface area (TPSA) is 76.1 Å². The first-order chi connectivity index (χ1) is 12.0. The van der Waals surface area contributed by atoms with Crippen LogP contribution in [-0.2, 0) is 13.6 Å². The number of fused-ring (bicyclic) bond motifs is 1. The standard InChI is InChI=1S/C18H24NO5P/c1-3-23-25(22,24-4-2)13-7-12-19(21)18(20)17-11-10-15-8-5-6-9-16(15)14-17/h5-6,8-11,14,21H,3-4,7,12-13H2,1-2H3. The minimum absolute atomic E-state index is 0.0514. The molecular weight excluding hydrogens is 341 g/mol. The van der Waals surface area contributed by atoms with Crippen LogP contribution in [0.15, 0.2) is 42.5 Å². The molecule has 6 nitrogen and oxygen atoms in total. The van der Waals surface area contributed by atoms with Gasteiger partial charge < -0.3 is 9.05 Å². The number of nitrogens with zero attached hydrogens (tertiary/aromatic N) is 1. The lowest BCUT2D eigenvalue weighted by Gasteiger charge is -2.19. The number of carbonyl (C=O) groups is 1. The average Bonchev–Trinajstić information content (AvgIpc) is 2.61. The molecule has 1 N–H and O–H groups in total. The molecule has 0 aliphatic heterocycles. The monoisotopic (exact) mass is 365 g/mol. The molecule has 136 valence electrons. The van der Waals surface area contributed by atoms with Crippen LogP contribution in [0.2, 0.25) is 0 Å². The number of benzene rings is 2. The molecule has 0 aromatic heterocycles. The zero-order valence-corrected chi connectivity index (χ0v) is 15.4. The fraction of sp³-hybridized carbons (Fsp3) is 0.389. The van der Waals surface area contributed by atoms with Gasteiger partial charge in [-0.15, -0.1) is 0 Å². The molecule has 0 spiro atoms. The van der Waals surface area contributed by atoms with Crippen molar-refractivity contribution in [3.63, 3.8) is 0 Å². The van der Waals surface area contributed by atoms with Crippen LogP contribution >= 0.6 is 7.60 Å². The Kier molecular flexibility index (Phi) is 7.14. The van der Waals surface area contributed by atoms with Gasteiger partial charge in [0.1, 0.15) is 0 Å². The third-order valence-electron chi connectivity index (χ3n) is 3.68. The molecule has 0 fully saturated rings. The first-order valence-electron chi connectivity index (χ1n) is 8.36. The van der Waals surface area contributed by atoms with E-state index in [1.54, 1.807) is 26.0 Å². The Morgan fingerprint density at radius 1 is 1.08 bits per heavy atom. The second-order valence-corrected chi connectivity index (χ2v) is 7.70. The van der Waals surface area contributed by atoms with Crippen molar-refractivity contribution in [2.75, 3.05) is 25.9 Å². The fourth-order valence-electron chi connectivity index (χ4n) is 2.55. The van der Waals surface area contributed by atoms with Crippen molar-refractivity contribution in [1.82, 2.24) is 5.06 Å². The molecule has 1 amide bonds. The van der Waals surface area contributed by atoms with Crippen molar-refractivity contribution in [2.45, 2.75) is 20.3 Å². The van der Waals surface area contributed by atoms with Crippen molar-refractivity contribution in [2.24, 2.45) is 0 Å². The largest absolute Gasteiger partial charge is 0.330 e. The smallest absolute Gasteiger partial charge is 0.309 e. The first-order valence-corrected chi connectivity index (χ1v) is 10.1. The third kappa shape index (κ3) is 5.38. The number of hydroxylamine groups is 2. The van der Waals surface area contributed by atoms with E-state index in [1.165, 1.54) is 0 Å². The summed E-state index contributed by atoms with van der Waals surface area (Å²) in [6.45, 7) is 4.11. The Hall–Kier alpha value is -1.72. The van der Waals surface area contributed by atoms with Crippen molar-refractivity contribution in [3.8, 4) is 0 Å². The van der Waals surface area contributed by atoms with Crippen molar-refractivity contribution in [3.05, 3.63) is 48.0 Å². The van der Waals surface area contributed by atoms with Gasteiger partial charge in [0, 0.05) is 12.1 Å². The Labute approximate surface area is 147 Å². The molecule has 0 aliphatic rings. The zero-order valence-electron chi connectivity index (χ0n) is 14.6. The maximum atomic E-state index is 12.4. The van der Waals surface area contributed by atoms with Gasteiger partial charge in [0.2, 0.25) is 0 Å². The summed E-state index contributed by atoms with van der Waals surface area (Å²) in [7, 11) is -3.16. The number of hydrogen-bond acceptors (Lipinski definition) is 5. The van der Waals surface area contributed by atoms with Gasteiger partial charge in [-0.3, -0.25) is 14.6 Å². The lowest BCUT2D eigenvalue weighted by atomic mass is 10.1. The van der Waals surface area contributed by atoms with Gasteiger partial charge in [-0.05, 0) is 43.2 Å². The van der Waals surface area contributed by atoms with Crippen LogP contribution in [0.3, 0.4) is 0 Å². The van der Waals surface area contributed by atoms with Gasteiger partial charge >= 0.3 is 7.60 Å². The van der Waals surface area contributed by atoms with Crippen LogP contribution in [0.1, 0.15) is 30.6 Å². The highest BCUT2D eigenvalue weighted by Gasteiger charge is 2.24. The highest BCUT2D eigenvalue weighted by atomic mass is 31.2. The van der Waals surface area contributed by atoms with Gasteiger partial charge in [0.25, 0.3) is 5.91 Å². The van der Waals surface area contributed by atoms with Gasteiger partial charge in [0.05, 0.1) is 19.4 Å². The van der Waals surface area contributed by atoms with E-state index < -0.39 is 13.5 Å². The molecule has 2 aromatic rings. The fourth-order valence-corrected chi connectivity index (χ4v) is 4.20. The van der Waals surface area contributed by atoms with E-state index in [0.717, 1.165) is 10.8 Å². The summed E-state index contributed by atoms with van der Waals surface area (Å²) in [5, 5.41) is 12.6. The van der Waals surface area contributed by atoms with Gasteiger partial charge in [-0.1, -0.05) is 30.3 Å². The quantitative estimate of drug-likeness (QED) is 0.407. The van der Waals surface area contributed by atoms with Gasteiger partial charge in [-0.2, -0.15) is 0 Å². The van der Waals surface area contributed by atoms with E-state index >= 15 is 0 Å². The summed E-state index contributed by atoms with van der Waals surface area (Å²) >= 11 is 0. The normalized spacial score (nSPS) is 11.6. The van der Waals surface area contributed by atoms with Crippen molar-refractivity contribution in [1.29, 1.82) is 0 Å². The van der Waals surface area contributed by atoms with Crippen molar-refractivity contribution < 1.29 is 23.6 Å². The Bertz CT molecular complexity index is 754. The molecule has 0 radical (unpaired) electrons. The lowest BCUT2D eigenvalue weighted by Crippen LogP contribution is -2.29. The summed E-state index contributed by atoms with van der Waals surface area (Å²) in [5.74, 6) is -0.492. The number of amides is 1. The van der Waals surface area contributed by atoms with Crippen LogP contribution in [0, 0.1) is 0 Å². The number of carbonyl (C=O) groups excluding carboxylic acids is 1. The van der Waals surface area contributed by atoms with Gasteiger partial charge in [0.15, 0.2) is 0 Å². The molecule has 0 atom stereocenters. The minimum atomic E-state index is -3.16. The molecule has 2 aromatic carbocycles. The van der Waals surface area contributed by atoms with Crippen LogP contribution in [0.4, 0.5) is 0 Å². The number of hydrogen-bond donors (Lipinski definition) is 1. The Morgan fingerprint density at radius 3 is 2.36 bits per heavy atom. The molecule has 0 saturated heterocycles. The maximum Gasteiger partial charge on any atom is 0.330 e. The van der Waals surface area contributed by atoms with Crippen LogP contribution in [0.5, 0.6) is 0 Å². The van der Waals surface area contributed by atoms with E-state index in [1.807, 2.05) is 30.3 Å². The van der Waals surface area contributed by atoms with Crippen molar-refractivity contribution >= 4 is 24.3 Å². The predicted octanol–water partition coefficient (Wildman–Crippen LogP) is 4.33. The summed E-state index contributed by atoms with van der Waals surface area (Å²) in [6, 6.07) is 13.0. The van der Waals surface area contributed by atoms with E-state index in [4.69, 9.17) is 9.05 Å².